The fraction of sp³-hybridized carbons (Fsp3) is 0.393. The number of benzene rings is 2. The molecule has 2 fully saturated rings. The number of carbonyl (C=O) groups excluding carboxylic acids is 1. The third-order valence-electron chi connectivity index (χ3n) is 7.32. The van der Waals surface area contributed by atoms with Gasteiger partial charge in [-0.15, -0.1) is 0 Å². The highest BCUT2D eigenvalue weighted by molar-refractivity contribution is 6.34. The number of hydrogen-bond donors (Lipinski definition) is 1. The Balaban J connectivity index is 1.56. The van der Waals surface area contributed by atoms with Gasteiger partial charge in [-0.2, -0.15) is 9.97 Å². The summed E-state index contributed by atoms with van der Waals surface area (Å²) in [5.74, 6) is -4.28. The van der Waals surface area contributed by atoms with Gasteiger partial charge in [-0.05, 0) is 50.2 Å². The predicted octanol–water partition coefficient (Wildman–Crippen LogP) is 4.77. The van der Waals surface area contributed by atoms with Crippen LogP contribution in [0.5, 0.6) is 11.8 Å². The molecule has 2 saturated heterocycles. The molecule has 3 heterocycles. The summed E-state index contributed by atoms with van der Waals surface area (Å²) in [6.45, 7) is 7.94. The Hall–Kier alpha value is -3.57. The van der Waals surface area contributed by atoms with Gasteiger partial charge in [0.25, 0.3) is 0 Å². The van der Waals surface area contributed by atoms with Crippen molar-refractivity contribution in [1.82, 2.24) is 19.8 Å². The number of nitrogens with zero attached hydrogens (tertiary/aromatic N) is 5. The lowest BCUT2D eigenvalue weighted by Gasteiger charge is -2.35. The molecule has 2 aromatic carbocycles. The number of aromatic nitrogens is 2. The van der Waals surface area contributed by atoms with Gasteiger partial charge in [0.2, 0.25) is 5.91 Å². The number of amides is 1. The summed E-state index contributed by atoms with van der Waals surface area (Å²) in [5, 5.41) is 10.3. The van der Waals surface area contributed by atoms with Crippen molar-refractivity contribution in [2.24, 2.45) is 0 Å². The highest BCUT2D eigenvalue weighted by Gasteiger charge is 2.28. The van der Waals surface area contributed by atoms with Crippen molar-refractivity contribution in [3.8, 4) is 22.9 Å². The van der Waals surface area contributed by atoms with E-state index >= 15 is 4.39 Å². The summed E-state index contributed by atoms with van der Waals surface area (Å²) >= 11 is 6.43. The summed E-state index contributed by atoms with van der Waals surface area (Å²) in [7, 11) is 0. The molecule has 0 atom stereocenters. The first-order chi connectivity index (χ1) is 19.3. The van der Waals surface area contributed by atoms with Crippen molar-refractivity contribution in [2.75, 3.05) is 57.3 Å². The SMILES string of the molecule is C=CC(=O)N1CCN(c2nc(OCCN3CCCCC3)nc3c(F)c(-c4c(O)ccc(F)c4F)c(Cl)cc23)CC1. The minimum atomic E-state index is -1.43. The molecule has 3 aromatic rings. The zero-order chi connectivity index (χ0) is 28.4. The van der Waals surface area contributed by atoms with E-state index in [9.17, 15) is 18.7 Å². The van der Waals surface area contributed by atoms with Gasteiger partial charge in [-0.1, -0.05) is 24.6 Å². The highest BCUT2D eigenvalue weighted by Crippen LogP contribution is 2.43. The van der Waals surface area contributed by atoms with Crippen LogP contribution in [0, 0.1) is 17.5 Å². The first-order valence-electron chi connectivity index (χ1n) is 13.2. The van der Waals surface area contributed by atoms with Crippen molar-refractivity contribution >= 4 is 34.2 Å². The summed E-state index contributed by atoms with van der Waals surface area (Å²) in [6.07, 6.45) is 4.69. The maximum absolute atomic E-state index is 16.1. The fourth-order valence-electron chi connectivity index (χ4n) is 5.19. The van der Waals surface area contributed by atoms with Crippen LogP contribution >= 0.6 is 11.6 Å². The third kappa shape index (κ3) is 5.53. The molecule has 0 aliphatic carbocycles. The maximum atomic E-state index is 16.1. The first-order valence-corrected chi connectivity index (χ1v) is 13.5. The predicted molar refractivity (Wildman–Crippen MR) is 146 cm³/mol. The van der Waals surface area contributed by atoms with Gasteiger partial charge >= 0.3 is 6.01 Å². The molecular weight excluding hydrogens is 547 g/mol. The molecule has 0 spiro atoms. The number of halogens is 4. The largest absolute Gasteiger partial charge is 0.507 e. The van der Waals surface area contributed by atoms with Gasteiger partial charge in [-0.3, -0.25) is 9.69 Å². The molecule has 40 heavy (non-hydrogen) atoms. The topological polar surface area (TPSA) is 82.0 Å². The van der Waals surface area contributed by atoms with Crippen molar-refractivity contribution in [3.63, 3.8) is 0 Å². The molecule has 2 aliphatic rings. The minimum Gasteiger partial charge on any atom is -0.507 e. The molecular formula is C28H29ClF3N5O3. The van der Waals surface area contributed by atoms with Crippen LogP contribution in [0.3, 0.4) is 0 Å². The van der Waals surface area contributed by atoms with E-state index < -0.39 is 34.3 Å². The van der Waals surface area contributed by atoms with E-state index in [0.29, 0.717) is 38.5 Å². The monoisotopic (exact) mass is 575 g/mol. The third-order valence-corrected chi connectivity index (χ3v) is 7.62. The van der Waals surface area contributed by atoms with Crippen LogP contribution in [0.25, 0.3) is 22.0 Å². The lowest BCUT2D eigenvalue weighted by Crippen LogP contribution is -2.48. The molecule has 1 amide bonds. The van der Waals surface area contributed by atoms with Crippen molar-refractivity contribution < 1.29 is 27.8 Å². The smallest absolute Gasteiger partial charge is 0.319 e. The zero-order valence-electron chi connectivity index (χ0n) is 21.8. The lowest BCUT2D eigenvalue weighted by atomic mass is 10.0. The van der Waals surface area contributed by atoms with Crippen LogP contribution in [-0.4, -0.2) is 83.2 Å². The molecule has 0 bridgehead atoms. The quantitative estimate of drug-likeness (QED) is 0.406. The van der Waals surface area contributed by atoms with Gasteiger partial charge < -0.3 is 19.6 Å². The maximum Gasteiger partial charge on any atom is 0.319 e. The Kier molecular flexibility index (Phi) is 8.32. The Labute approximate surface area is 234 Å². The van der Waals surface area contributed by atoms with Crippen LogP contribution in [-0.2, 0) is 4.79 Å². The molecule has 2 aliphatic heterocycles. The van der Waals surface area contributed by atoms with Crippen LogP contribution in [0.4, 0.5) is 19.0 Å². The van der Waals surface area contributed by atoms with Crippen LogP contribution in [0.15, 0.2) is 30.9 Å². The molecule has 1 aromatic heterocycles. The Morgan fingerprint density at radius 2 is 1.75 bits per heavy atom. The van der Waals surface area contributed by atoms with Crippen LogP contribution in [0.1, 0.15) is 19.3 Å². The zero-order valence-corrected chi connectivity index (χ0v) is 22.6. The second kappa shape index (κ2) is 11.9. The van der Waals surface area contributed by atoms with Gasteiger partial charge in [0, 0.05) is 43.7 Å². The summed E-state index contributed by atoms with van der Waals surface area (Å²) in [4.78, 5) is 26.7. The number of hydrogen-bond acceptors (Lipinski definition) is 7. The number of phenols is 1. The number of likely N-dealkylation sites (tertiary alicyclic amines) is 1. The van der Waals surface area contributed by atoms with E-state index in [1.165, 1.54) is 18.6 Å². The molecule has 1 N–H and O–H groups in total. The van der Waals surface area contributed by atoms with E-state index in [-0.39, 0.29) is 34.5 Å². The second-order valence-corrected chi connectivity index (χ2v) is 10.2. The first kappa shape index (κ1) is 28.0. The fourth-order valence-corrected chi connectivity index (χ4v) is 5.48. The normalized spacial score (nSPS) is 16.4. The van der Waals surface area contributed by atoms with Crippen LogP contribution < -0.4 is 9.64 Å². The van der Waals surface area contributed by atoms with Crippen molar-refractivity contribution in [3.05, 3.63) is 53.3 Å². The van der Waals surface area contributed by atoms with E-state index in [4.69, 9.17) is 16.3 Å². The van der Waals surface area contributed by atoms with E-state index in [2.05, 4.69) is 21.4 Å². The number of fused-ring (bicyclic) bond motifs is 1. The standard InChI is InChI=1S/C28H29ClF3N5O3/c1-2-21(39)36-10-12-37(13-11-36)27-17-16-18(29)22(23-20(38)7-6-19(30)24(23)31)25(32)26(17)33-28(34-27)40-15-14-35-8-4-3-5-9-35/h2,6-7,16,38H,1,3-5,8-15H2. The van der Waals surface area contributed by atoms with Gasteiger partial charge in [0.1, 0.15) is 23.7 Å². The number of anilines is 1. The van der Waals surface area contributed by atoms with E-state index in [1.807, 2.05) is 4.90 Å². The van der Waals surface area contributed by atoms with E-state index in [0.717, 1.165) is 38.1 Å². The Morgan fingerprint density at radius 3 is 2.45 bits per heavy atom. The molecule has 5 rings (SSSR count). The average molecular weight is 576 g/mol. The number of piperazine rings is 1. The number of phenolic OH excluding ortho intramolecular Hbond substituents is 1. The van der Waals surface area contributed by atoms with Crippen molar-refractivity contribution in [2.45, 2.75) is 19.3 Å². The van der Waals surface area contributed by atoms with E-state index in [1.54, 1.807) is 4.90 Å². The summed E-state index contributed by atoms with van der Waals surface area (Å²) < 4.78 is 50.8. The highest BCUT2D eigenvalue weighted by atomic mass is 35.5. The number of aromatic hydroxyl groups is 1. The Morgan fingerprint density at radius 1 is 1.02 bits per heavy atom. The molecule has 212 valence electrons. The summed E-state index contributed by atoms with van der Waals surface area (Å²) in [5.41, 5.74) is -1.44. The number of ether oxygens (including phenoxy) is 1. The number of piperidine rings is 1. The van der Waals surface area contributed by atoms with Gasteiger partial charge in [-0.25, -0.2) is 13.2 Å². The molecule has 8 nitrogen and oxygen atoms in total. The molecule has 0 radical (unpaired) electrons. The molecule has 0 unspecified atom stereocenters. The molecule has 12 heteroatoms. The van der Waals surface area contributed by atoms with Gasteiger partial charge in [0.05, 0.1) is 10.6 Å². The summed E-state index contributed by atoms with van der Waals surface area (Å²) in [6, 6.07) is 2.96. The minimum absolute atomic E-state index is 0.0831. The van der Waals surface area contributed by atoms with Gasteiger partial charge in [0.15, 0.2) is 17.5 Å². The second-order valence-electron chi connectivity index (χ2n) is 9.80. The number of carbonyl (C=O) groups is 1. The van der Waals surface area contributed by atoms with Crippen LogP contribution in [0.2, 0.25) is 5.02 Å². The number of rotatable bonds is 7. The average Bonchev–Trinajstić information content (AvgIpc) is 2.97. The van der Waals surface area contributed by atoms with Crippen molar-refractivity contribution in [1.29, 1.82) is 0 Å². The molecule has 0 saturated carbocycles. The lowest BCUT2D eigenvalue weighted by molar-refractivity contribution is -0.126. The Bertz CT molecular complexity index is 1440.